The first-order chi connectivity index (χ1) is 5.66. The molecule has 0 aliphatic heterocycles. The van der Waals surface area contributed by atoms with Gasteiger partial charge in [-0.3, -0.25) is 0 Å². The van der Waals surface area contributed by atoms with Gasteiger partial charge in [-0.2, -0.15) is 0 Å². The second-order valence-corrected chi connectivity index (χ2v) is 0.327. The summed E-state index contributed by atoms with van der Waals surface area (Å²) in [5, 5.41) is 31.6. The van der Waals surface area contributed by atoms with Crippen molar-refractivity contribution >= 4 is 0 Å². The molecule has 0 unspecified atom stereocenters. The Morgan fingerprint density at radius 3 is 0.533 bits per heavy atom. The van der Waals surface area contributed by atoms with Gasteiger partial charge in [0, 0.05) is 21.1 Å². The second-order valence-electron chi connectivity index (χ2n) is 0.327. The molecule has 0 saturated heterocycles. The van der Waals surface area contributed by atoms with Gasteiger partial charge in [0.1, 0.15) is 0 Å². The molecule has 0 amide bonds. The standard InChI is InChI=1S/2K.4HNO2.Pt/c;;4*2-1-3;/h;;4*(H,2,3);/q2*+1;;;;;. The van der Waals surface area contributed by atoms with Crippen LogP contribution in [0, 0.1) is 19.6 Å². The van der Waals surface area contributed by atoms with Crippen molar-refractivity contribution in [3.05, 3.63) is 19.6 Å². The molecule has 4 N–H and O–H groups in total. The van der Waals surface area contributed by atoms with E-state index in [9.17, 15) is 0 Å². The Labute approximate surface area is 181 Å². The maximum Gasteiger partial charge on any atom is 1.00 e. The summed E-state index contributed by atoms with van der Waals surface area (Å²) < 4.78 is 0. The van der Waals surface area contributed by atoms with E-state index < -0.39 is 0 Å². The Morgan fingerprint density at radius 1 is 0.533 bits per heavy atom. The van der Waals surface area contributed by atoms with Crippen molar-refractivity contribution in [2.24, 2.45) is 21.4 Å². The van der Waals surface area contributed by atoms with Crippen LogP contribution >= 0.6 is 0 Å². The normalized spacial score (nSPS) is 3.20. The molecule has 0 bridgehead atoms. The van der Waals surface area contributed by atoms with E-state index in [1.54, 1.807) is 0 Å². The minimum atomic E-state index is 0. The van der Waals surface area contributed by atoms with Crippen molar-refractivity contribution in [3.63, 3.8) is 0 Å². The quantitative estimate of drug-likeness (QED) is 0.156. The summed E-state index contributed by atoms with van der Waals surface area (Å²) in [5.74, 6) is 0. The van der Waals surface area contributed by atoms with Gasteiger partial charge in [-0.15, -0.1) is 19.6 Å². The van der Waals surface area contributed by atoms with E-state index in [2.05, 4.69) is 0 Å². The van der Waals surface area contributed by atoms with Crippen LogP contribution in [0.1, 0.15) is 0 Å². The van der Waals surface area contributed by atoms with Gasteiger partial charge in [0.25, 0.3) is 0 Å². The van der Waals surface area contributed by atoms with Crippen LogP contribution < -0.4 is 103 Å². The van der Waals surface area contributed by atoms with Gasteiger partial charge in [-0.1, -0.05) is 0 Å². The summed E-state index contributed by atoms with van der Waals surface area (Å²) >= 11 is 0. The third-order valence-corrected chi connectivity index (χ3v) is 0. The molecule has 0 aromatic rings. The first-order valence-corrected chi connectivity index (χ1v) is 1.53. The van der Waals surface area contributed by atoms with Gasteiger partial charge in [-0.25, -0.2) is 0 Å². The van der Waals surface area contributed by atoms with E-state index in [4.69, 9.17) is 40.5 Å². The molecule has 0 spiro atoms. The van der Waals surface area contributed by atoms with Gasteiger partial charge >= 0.3 is 103 Å². The van der Waals surface area contributed by atoms with E-state index in [0.717, 1.165) is 0 Å². The predicted octanol–water partition coefficient (Wildman–Crippen LogP) is -5.43. The molecule has 0 aliphatic rings. The van der Waals surface area contributed by atoms with E-state index in [1.807, 2.05) is 0 Å². The van der Waals surface area contributed by atoms with Crippen LogP contribution in [0.2, 0.25) is 0 Å². The van der Waals surface area contributed by atoms with Gasteiger partial charge < -0.3 is 20.8 Å². The number of hydrogen-bond donors (Lipinski definition) is 4. The second kappa shape index (κ2) is 107. The molecule has 0 aromatic heterocycles. The molecule has 0 aromatic carbocycles. The van der Waals surface area contributed by atoms with Crippen molar-refractivity contribution in [2.45, 2.75) is 0 Å². The molecule has 0 saturated carbocycles. The van der Waals surface area contributed by atoms with Crippen LogP contribution in [0.3, 0.4) is 0 Å². The fourth-order valence-electron chi connectivity index (χ4n) is 0. The van der Waals surface area contributed by atoms with Gasteiger partial charge in [0.2, 0.25) is 0 Å². The van der Waals surface area contributed by atoms with Gasteiger partial charge in [0.05, 0.1) is 0 Å². The largest absolute Gasteiger partial charge is 1.00 e. The van der Waals surface area contributed by atoms with E-state index in [0.29, 0.717) is 0 Å². The van der Waals surface area contributed by atoms with Crippen LogP contribution in [0.15, 0.2) is 21.4 Å². The summed E-state index contributed by atoms with van der Waals surface area (Å²) in [7, 11) is 0. The Hall–Kier alpha value is 1.56. The fourth-order valence-corrected chi connectivity index (χ4v) is 0. The predicted molar refractivity (Wildman–Crippen MR) is 30.3 cm³/mol. The van der Waals surface area contributed by atoms with E-state index >= 15 is 0 Å². The Balaban J connectivity index is -0.0000000107. The first kappa shape index (κ1) is 43.9. The molecular formula is H4K2N4O8Pt+2. The summed E-state index contributed by atoms with van der Waals surface area (Å²) in [6.07, 6.45) is 0. The van der Waals surface area contributed by atoms with Crippen LogP contribution in [0.5, 0.6) is 0 Å². The Kier molecular flexibility index (Phi) is 312. The smallest absolute Gasteiger partial charge is 0.379 e. The minimum absolute atomic E-state index is 0. The molecule has 0 heterocycles. The van der Waals surface area contributed by atoms with Crippen LogP contribution in [0.25, 0.3) is 0 Å². The molecule has 15 heavy (non-hydrogen) atoms. The number of hydrogen-bond acceptors (Lipinski definition) is 8. The van der Waals surface area contributed by atoms with Crippen LogP contribution in [-0.2, 0) is 21.1 Å². The number of nitrogens with zero attached hydrogens (tertiary/aromatic N) is 4. The van der Waals surface area contributed by atoms with Crippen molar-refractivity contribution < 1.29 is 145 Å². The third kappa shape index (κ3) is 1170. The SMILES string of the molecule is O=NO.O=NO.O=NO.O=NO.[K+].[K+].[Pt]. The third-order valence-electron chi connectivity index (χ3n) is 0. The fraction of sp³-hybridized carbons (Fsp3) is 0. The van der Waals surface area contributed by atoms with Crippen LogP contribution in [-0.4, -0.2) is 20.8 Å². The molecule has 12 nitrogen and oxygen atoms in total. The number of rotatable bonds is 0. The monoisotopic (exact) mass is 461 g/mol. The Morgan fingerprint density at radius 2 is 0.533 bits per heavy atom. The summed E-state index contributed by atoms with van der Waals surface area (Å²) in [6.45, 7) is 0. The van der Waals surface area contributed by atoms with Crippen LogP contribution in [0.4, 0.5) is 0 Å². The topological polar surface area (TPSA) is 199 Å². The summed E-state index contributed by atoms with van der Waals surface area (Å²) in [4.78, 5) is 32.4. The average molecular weight is 461 g/mol. The average Bonchev–Trinajstić information content (AvgIpc) is 1.92. The van der Waals surface area contributed by atoms with Crippen molar-refractivity contribution in [1.82, 2.24) is 0 Å². The molecule has 0 radical (unpaired) electrons. The van der Waals surface area contributed by atoms with Gasteiger partial charge in [-0.05, 0) is 0 Å². The molecule has 0 atom stereocenters. The first-order valence-electron chi connectivity index (χ1n) is 1.53. The zero-order valence-corrected chi connectivity index (χ0v) is 16.0. The molecule has 0 aliphatic carbocycles. The molecule has 15 heteroatoms. The van der Waals surface area contributed by atoms with Gasteiger partial charge in [0.15, 0.2) is 21.4 Å². The van der Waals surface area contributed by atoms with Crippen molar-refractivity contribution in [3.8, 4) is 0 Å². The molecular weight excluding hydrogens is 457 g/mol. The maximum atomic E-state index is 8.11. The summed E-state index contributed by atoms with van der Waals surface area (Å²) in [6, 6.07) is 0. The summed E-state index contributed by atoms with van der Waals surface area (Å²) in [5.41, 5.74) is 0. The Bertz CT molecular complexity index is 78.6. The molecule has 82 valence electrons. The van der Waals surface area contributed by atoms with E-state index in [-0.39, 0.29) is 124 Å². The molecule has 0 rings (SSSR count). The molecule has 0 fully saturated rings. The zero-order chi connectivity index (χ0) is 10.8. The van der Waals surface area contributed by atoms with E-state index in [1.165, 1.54) is 21.4 Å². The minimum Gasteiger partial charge on any atom is -0.379 e. The zero-order valence-electron chi connectivity index (χ0n) is 7.53. The maximum absolute atomic E-state index is 8.11. The van der Waals surface area contributed by atoms with Crippen molar-refractivity contribution in [1.29, 1.82) is 0 Å². The van der Waals surface area contributed by atoms with Crippen molar-refractivity contribution in [2.75, 3.05) is 0 Å².